The van der Waals surface area contributed by atoms with Gasteiger partial charge in [-0.1, -0.05) is 92.5 Å². The van der Waals surface area contributed by atoms with E-state index in [2.05, 4.69) is 92.5 Å². The van der Waals surface area contributed by atoms with Gasteiger partial charge in [0.25, 0.3) is 0 Å². The van der Waals surface area contributed by atoms with Gasteiger partial charge in [0.15, 0.2) is 0 Å². The molecule has 25 heavy (non-hydrogen) atoms. The molecule has 0 bridgehead atoms. The number of ether oxygens (including phenoxy) is 1. The highest BCUT2D eigenvalue weighted by Gasteiger charge is 2.06. The molecule has 0 saturated heterocycles. The van der Waals surface area contributed by atoms with E-state index in [1.54, 1.807) is 0 Å². The molecule has 0 spiro atoms. The third-order valence-corrected chi connectivity index (χ3v) is 5.78. The molecular formula is C22H28Br2O. The van der Waals surface area contributed by atoms with Gasteiger partial charge in [-0.2, -0.15) is 0 Å². The van der Waals surface area contributed by atoms with Crippen molar-refractivity contribution in [3.63, 3.8) is 0 Å². The van der Waals surface area contributed by atoms with Crippen LogP contribution in [-0.4, -0.2) is 22.9 Å². The Morgan fingerprint density at radius 2 is 1.04 bits per heavy atom. The van der Waals surface area contributed by atoms with E-state index >= 15 is 0 Å². The zero-order valence-electron chi connectivity index (χ0n) is 14.7. The average molecular weight is 468 g/mol. The fraction of sp³-hybridized carbons (Fsp3) is 0.455. The number of benzene rings is 2. The lowest BCUT2D eigenvalue weighted by Gasteiger charge is -2.11. The van der Waals surface area contributed by atoms with E-state index in [0.717, 1.165) is 51.7 Å². The number of alkyl halides is 2. The molecule has 0 aromatic heterocycles. The summed E-state index contributed by atoms with van der Waals surface area (Å²) in [4.78, 5) is 1.08. The Labute approximate surface area is 169 Å². The molecule has 0 heterocycles. The van der Waals surface area contributed by atoms with E-state index in [0.29, 0.717) is 9.65 Å². The van der Waals surface area contributed by atoms with Crippen LogP contribution >= 0.6 is 31.9 Å². The summed E-state index contributed by atoms with van der Waals surface area (Å²) in [5.74, 6) is 0. The molecule has 136 valence electrons. The van der Waals surface area contributed by atoms with Crippen molar-refractivity contribution < 1.29 is 4.74 Å². The van der Waals surface area contributed by atoms with Gasteiger partial charge >= 0.3 is 0 Å². The lowest BCUT2D eigenvalue weighted by molar-refractivity contribution is 0.126. The Bertz CT molecular complexity index is 507. The van der Waals surface area contributed by atoms with E-state index in [4.69, 9.17) is 4.74 Å². The molecule has 2 atom stereocenters. The van der Waals surface area contributed by atoms with Crippen LogP contribution in [-0.2, 0) is 17.6 Å². The molecule has 0 fully saturated rings. The van der Waals surface area contributed by atoms with E-state index < -0.39 is 0 Å². The zero-order valence-corrected chi connectivity index (χ0v) is 17.9. The summed E-state index contributed by atoms with van der Waals surface area (Å²) in [5.41, 5.74) is 2.79. The van der Waals surface area contributed by atoms with Crippen LogP contribution in [0.4, 0.5) is 0 Å². The van der Waals surface area contributed by atoms with Crippen molar-refractivity contribution in [3.05, 3.63) is 71.8 Å². The smallest absolute Gasteiger partial charge is 0.0466 e. The summed E-state index contributed by atoms with van der Waals surface area (Å²) in [6.45, 7) is 1.73. The molecule has 3 heteroatoms. The Hall–Kier alpha value is -0.640. The van der Waals surface area contributed by atoms with Crippen LogP contribution in [0.5, 0.6) is 0 Å². The first-order chi connectivity index (χ1) is 12.2. The average Bonchev–Trinajstić information content (AvgIpc) is 2.62. The summed E-state index contributed by atoms with van der Waals surface area (Å²) < 4.78 is 5.79. The second-order valence-electron chi connectivity index (χ2n) is 6.47. The van der Waals surface area contributed by atoms with Crippen molar-refractivity contribution in [2.45, 2.75) is 48.2 Å². The first kappa shape index (κ1) is 20.7. The van der Waals surface area contributed by atoms with Gasteiger partial charge < -0.3 is 4.74 Å². The van der Waals surface area contributed by atoms with E-state index in [1.165, 1.54) is 11.1 Å². The Morgan fingerprint density at radius 3 is 1.44 bits per heavy atom. The van der Waals surface area contributed by atoms with Crippen molar-refractivity contribution in [2.24, 2.45) is 0 Å². The van der Waals surface area contributed by atoms with Gasteiger partial charge in [-0.05, 0) is 49.7 Å². The Morgan fingerprint density at radius 1 is 0.640 bits per heavy atom. The molecule has 1 nitrogen and oxygen atoms in total. The molecule has 0 radical (unpaired) electrons. The van der Waals surface area contributed by atoms with E-state index in [1.807, 2.05) is 0 Å². The highest BCUT2D eigenvalue weighted by Crippen LogP contribution is 2.16. The molecule has 2 rings (SSSR count). The summed E-state index contributed by atoms with van der Waals surface area (Å²) in [5, 5.41) is 0. The van der Waals surface area contributed by atoms with Crippen LogP contribution < -0.4 is 0 Å². The highest BCUT2D eigenvalue weighted by molar-refractivity contribution is 9.09. The van der Waals surface area contributed by atoms with Crippen LogP contribution in [0, 0.1) is 0 Å². The van der Waals surface area contributed by atoms with Gasteiger partial charge in [0.2, 0.25) is 0 Å². The van der Waals surface area contributed by atoms with Gasteiger partial charge in [-0.3, -0.25) is 0 Å². The van der Waals surface area contributed by atoms with Gasteiger partial charge in [0.1, 0.15) is 0 Å². The Balaban J connectivity index is 1.45. The van der Waals surface area contributed by atoms with E-state index in [9.17, 15) is 0 Å². The number of halogens is 2. The maximum atomic E-state index is 5.79. The van der Waals surface area contributed by atoms with Crippen LogP contribution in [0.25, 0.3) is 0 Å². The van der Waals surface area contributed by atoms with Crippen LogP contribution in [0.3, 0.4) is 0 Å². The summed E-state index contributed by atoms with van der Waals surface area (Å²) >= 11 is 7.57. The predicted molar refractivity (Wildman–Crippen MR) is 115 cm³/mol. The molecule has 0 unspecified atom stereocenters. The van der Waals surface area contributed by atoms with Gasteiger partial charge in [0.05, 0.1) is 0 Å². The fourth-order valence-electron chi connectivity index (χ4n) is 2.86. The third-order valence-electron chi connectivity index (χ3n) is 4.21. The minimum absolute atomic E-state index is 0.538. The fourth-order valence-corrected chi connectivity index (χ4v) is 4.25. The highest BCUT2D eigenvalue weighted by atomic mass is 79.9. The summed E-state index contributed by atoms with van der Waals surface area (Å²) in [7, 11) is 0. The summed E-state index contributed by atoms with van der Waals surface area (Å²) in [6.07, 6.45) is 6.72. The lowest BCUT2D eigenvalue weighted by Crippen LogP contribution is -2.07. The maximum absolute atomic E-state index is 5.79. The van der Waals surface area contributed by atoms with Crippen LogP contribution in [0.2, 0.25) is 0 Å². The van der Waals surface area contributed by atoms with Crippen molar-refractivity contribution in [1.29, 1.82) is 0 Å². The number of hydrogen-bond acceptors (Lipinski definition) is 1. The van der Waals surface area contributed by atoms with Crippen molar-refractivity contribution in [2.75, 3.05) is 13.2 Å². The standard InChI is InChI=1S/C22H28Br2O/c23-21(17-19-9-3-1-4-10-19)13-7-15-25-16-8-14-22(24)18-20-11-5-2-6-12-20/h1-6,9-12,21-22H,7-8,13-18H2/t21-,22-/m0/s1. The monoisotopic (exact) mass is 466 g/mol. The molecule has 0 aliphatic heterocycles. The molecule has 0 amide bonds. The zero-order chi connectivity index (χ0) is 17.7. The molecule has 0 saturated carbocycles. The van der Waals surface area contributed by atoms with Crippen molar-refractivity contribution in [3.8, 4) is 0 Å². The first-order valence-electron chi connectivity index (χ1n) is 9.18. The van der Waals surface area contributed by atoms with Crippen LogP contribution in [0.1, 0.15) is 36.8 Å². The minimum atomic E-state index is 0.538. The van der Waals surface area contributed by atoms with Gasteiger partial charge in [-0.25, -0.2) is 0 Å². The SMILES string of the molecule is Br[C@@H](CCCOCCC[C@H](Br)Cc1ccccc1)Cc1ccccc1. The third kappa shape index (κ3) is 9.58. The largest absolute Gasteiger partial charge is 0.381 e. The normalized spacial score (nSPS) is 13.5. The minimum Gasteiger partial charge on any atom is -0.381 e. The molecule has 0 N–H and O–H groups in total. The second-order valence-corrected chi connectivity index (χ2v) is 9.06. The number of hydrogen-bond donors (Lipinski definition) is 0. The van der Waals surface area contributed by atoms with Crippen LogP contribution in [0.15, 0.2) is 60.7 Å². The first-order valence-corrected chi connectivity index (χ1v) is 11.0. The van der Waals surface area contributed by atoms with Gasteiger partial charge in [-0.15, -0.1) is 0 Å². The second kappa shape index (κ2) is 12.7. The topological polar surface area (TPSA) is 9.23 Å². The lowest BCUT2D eigenvalue weighted by atomic mass is 10.1. The molecule has 2 aromatic rings. The Kier molecular flexibility index (Phi) is 10.5. The van der Waals surface area contributed by atoms with E-state index in [-0.39, 0.29) is 0 Å². The maximum Gasteiger partial charge on any atom is 0.0466 e. The molecule has 2 aromatic carbocycles. The number of rotatable bonds is 12. The molecule has 0 aliphatic rings. The predicted octanol–water partition coefficient (Wildman–Crippen LogP) is 6.58. The summed E-state index contributed by atoms with van der Waals surface area (Å²) in [6, 6.07) is 21.3. The van der Waals surface area contributed by atoms with Gasteiger partial charge in [0, 0.05) is 22.9 Å². The quantitative estimate of drug-likeness (QED) is 0.253. The van der Waals surface area contributed by atoms with Crippen molar-refractivity contribution in [1.82, 2.24) is 0 Å². The molecular weight excluding hydrogens is 440 g/mol. The van der Waals surface area contributed by atoms with Crippen molar-refractivity contribution >= 4 is 31.9 Å². The molecule has 0 aliphatic carbocycles.